The summed E-state index contributed by atoms with van der Waals surface area (Å²) in [4.78, 5) is 0. The first-order chi connectivity index (χ1) is 8.85. The van der Waals surface area contributed by atoms with Crippen LogP contribution in [0.5, 0.6) is 0 Å². The molecule has 1 unspecified atom stereocenters. The van der Waals surface area contributed by atoms with Crippen molar-refractivity contribution in [3.63, 3.8) is 0 Å². The maximum Gasteiger partial charge on any atom is 0.158 e. The van der Waals surface area contributed by atoms with Gasteiger partial charge >= 0.3 is 0 Å². The van der Waals surface area contributed by atoms with Crippen LogP contribution in [0.3, 0.4) is 0 Å². The molecule has 18 heavy (non-hydrogen) atoms. The number of rotatable bonds is 3. The Kier molecular flexibility index (Phi) is 3.95. The number of fused-ring (bicyclic) bond motifs is 2. The minimum absolute atomic E-state index is 0.0971. The SMILES string of the molecule is CCC1(OC2CCCCO2)C2CCCC1CCC2. The second-order valence-electron chi connectivity index (χ2n) is 6.48. The second-order valence-corrected chi connectivity index (χ2v) is 6.48. The minimum Gasteiger partial charge on any atom is -0.353 e. The van der Waals surface area contributed by atoms with Gasteiger partial charge in [-0.3, -0.25) is 0 Å². The van der Waals surface area contributed by atoms with Crippen molar-refractivity contribution in [1.29, 1.82) is 0 Å². The summed E-state index contributed by atoms with van der Waals surface area (Å²) in [5.41, 5.74) is 0.165. The van der Waals surface area contributed by atoms with Crippen LogP contribution in [-0.2, 0) is 9.47 Å². The van der Waals surface area contributed by atoms with Gasteiger partial charge in [-0.2, -0.15) is 0 Å². The first kappa shape index (κ1) is 12.9. The van der Waals surface area contributed by atoms with E-state index in [-0.39, 0.29) is 11.9 Å². The molecule has 0 aromatic heterocycles. The van der Waals surface area contributed by atoms with Crippen LogP contribution in [0.2, 0.25) is 0 Å². The van der Waals surface area contributed by atoms with Gasteiger partial charge in [0.05, 0.1) is 5.60 Å². The minimum atomic E-state index is 0.0971. The molecule has 1 aliphatic heterocycles. The third kappa shape index (κ3) is 2.22. The molecule has 0 amide bonds. The van der Waals surface area contributed by atoms with E-state index in [1.54, 1.807) is 0 Å². The topological polar surface area (TPSA) is 18.5 Å². The molecule has 2 heteroatoms. The molecule has 3 aliphatic rings. The zero-order valence-electron chi connectivity index (χ0n) is 11.8. The Morgan fingerprint density at radius 2 is 1.61 bits per heavy atom. The molecule has 3 rings (SSSR count). The van der Waals surface area contributed by atoms with Crippen LogP contribution >= 0.6 is 0 Å². The quantitative estimate of drug-likeness (QED) is 0.746. The predicted molar refractivity (Wildman–Crippen MR) is 72.4 cm³/mol. The molecule has 2 aliphatic carbocycles. The molecular formula is C16H28O2. The highest BCUT2D eigenvalue weighted by Crippen LogP contribution is 2.52. The second kappa shape index (κ2) is 5.50. The molecule has 2 nitrogen and oxygen atoms in total. The van der Waals surface area contributed by atoms with E-state index in [4.69, 9.17) is 9.47 Å². The van der Waals surface area contributed by atoms with Crippen LogP contribution < -0.4 is 0 Å². The lowest BCUT2D eigenvalue weighted by molar-refractivity contribution is -0.273. The Hall–Kier alpha value is -0.0800. The van der Waals surface area contributed by atoms with Gasteiger partial charge in [0.25, 0.3) is 0 Å². The van der Waals surface area contributed by atoms with Crippen LogP contribution in [-0.4, -0.2) is 18.5 Å². The summed E-state index contributed by atoms with van der Waals surface area (Å²) in [5.74, 6) is 1.61. The highest BCUT2D eigenvalue weighted by molar-refractivity contribution is 5.00. The molecular weight excluding hydrogens is 224 g/mol. The summed E-state index contributed by atoms with van der Waals surface area (Å²) < 4.78 is 12.5. The van der Waals surface area contributed by atoms with Crippen LogP contribution in [0.15, 0.2) is 0 Å². The van der Waals surface area contributed by atoms with Gasteiger partial charge in [-0.05, 0) is 63.2 Å². The molecule has 0 N–H and O–H groups in total. The molecule has 2 bridgehead atoms. The molecule has 0 aromatic carbocycles. The summed E-state index contributed by atoms with van der Waals surface area (Å²) in [7, 11) is 0. The van der Waals surface area contributed by atoms with E-state index in [0.29, 0.717) is 0 Å². The average Bonchev–Trinajstić information content (AvgIpc) is 2.39. The summed E-state index contributed by atoms with van der Waals surface area (Å²) >= 11 is 0. The van der Waals surface area contributed by atoms with Gasteiger partial charge in [0.2, 0.25) is 0 Å². The van der Waals surface area contributed by atoms with Gasteiger partial charge in [0.15, 0.2) is 6.29 Å². The molecule has 104 valence electrons. The number of hydrogen-bond acceptors (Lipinski definition) is 2. The lowest BCUT2D eigenvalue weighted by Crippen LogP contribution is -2.54. The molecule has 0 radical (unpaired) electrons. The largest absolute Gasteiger partial charge is 0.353 e. The first-order valence-corrected chi connectivity index (χ1v) is 8.14. The van der Waals surface area contributed by atoms with Gasteiger partial charge in [-0.15, -0.1) is 0 Å². The van der Waals surface area contributed by atoms with E-state index < -0.39 is 0 Å². The normalized spacial score (nSPS) is 44.8. The molecule has 2 saturated carbocycles. The highest BCUT2D eigenvalue weighted by atomic mass is 16.7. The number of hydrogen-bond donors (Lipinski definition) is 0. The zero-order valence-corrected chi connectivity index (χ0v) is 11.8. The third-order valence-electron chi connectivity index (χ3n) is 5.63. The van der Waals surface area contributed by atoms with Crippen molar-refractivity contribution >= 4 is 0 Å². The van der Waals surface area contributed by atoms with E-state index in [0.717, 1.165) is 24.9 Å². The van der Waals surface area contributed by atoms with Crippen molar-refractivity contribution in [2.24, 2.45) is 11.8 Å². The van der Waals surface area contributed by atoms with E-state index in [2.05, 4.69) is 6.92 Å². The fourth-order valence-electron chi connectivity index (χ4n) is 4.72. The molecule has 1 saturated heterocycles. The summed E-state index contributed by atoms with van der Waals surface area (Å²) in [6.45, 7) is 3.24. The first-order valence-electron chi connectivity index (χ1n) is 8.14. The van der Waals surface area contributed by atoms with Crippen molar-refractivity contribution in [3.8, 4) is 0 Å². The lowest BCUT2D eigenvalue weighted by atomic mass is 9.60. The van der Waals surface area contributed by atoms with Crippen LogP contribution in [0.25, 0.3) is 0 Å². The third-order valence-corrected chi connectivity index (χ3v) is 5.63. The summed E-state index contributed by atoms with van der Waals surface area (Å²) in [5, 5.41) is 0. The van der Waals surface area contributed by atoms with Gasteiger partial charge in [-0.1, -0.05) is 19.8 Å². The predicted octanol–water partition coefficient (Wildman–Crippen LogP) is 4.28. The molecule has 0 aromatic rings. The molecule has 0 spiro atoms. The Morgan fingerprint density at radius 3 is 2.11 bits per heavy atom. The van der Waals surface area contributed by atoms with Crippen molar-refractivity contribution in [3.05, 3.63) is 0 Å². The standard InChI is InChI=1S/C16H28O2/c1-2-16(18-15-11-3-4-12-17-15)13-7-5-8-14(16)10-6-9-13/h13-15H,2-12H2,1H3. The Bertz CT molecular complexity index is 248. The van der Waals surface area contributed by atoms with Crippen LogP contribution in [0.4, 0.5) is 0 Å². The summed E-state index contributed by atoms with van der Waals surface area (Å²) in [6, 6.07) is 0. The van der Waals surface area contributed by atoms with Gasteiger partial charge in [-0.25, -0.2) is 0 Å². The fourth-order valence-corrected chi connectivity index (χ4v) is 4.72. The molecule has 1 atom stereocenters. The van der Waals surface area contributed by atoms with Crippen LogP contribution in [0, 0.1) is 11.8 Å². The monoisotopic (exact) mass is 252 g/mol. The van der Waals surface area contributed by atoms with E-state index in [1.165, 1.54) is 57.8 Å². The van der Waals surface area contributed by atoms with Gasteiger partial charge < -0.3 is 9.47 Å². The maximum atomic E-state index is 6.61. The Balaban J connectivity index is 1.74. The average molecular weight is 252 g/mol. The Morgan fingerprint density at radius 1 is 0.944 bits per heavy atom. The summed E-state index contributed by atoms with van der Waals surface area (Å²) in [6.07, 6.45) is 13.3. The highest BCUT2D eigenvalue weighted by Gasteiger charge is 2.50. The Labute approximate surface area is 111 Å². The van der Waals surface area contributed by atoms with E-state index in [9.17, 15) is 0 Å². The van der Waals surface area contributed by atoms with Crippen molar-refractivity contribution in [1.82, 2.24) is 0 Å². The smallest absolute Gasteiger partial charge is 0.158 e. The van der Waals surface area contributed by atoms with E-state index >= 15 is 0 Å². The van der Waals surface area contributed by atoms with Crippen molar-refractivity contribution < 1.29 is 9.47 Å². The molecule has 1 heterocycles. The van der Waals surface area contributed by atoms with Gasteiger partial charge in [0.1, 0.15) is 0 Å². The van der Waals surface area contributed by atoms with E-state index in [1.807, 2.05) is 0 Å². The molecule has 3 fully saturated rings. The van der Waals surface area contributed by atoms with Crippen LogP contribution in [0.1, 0.15) is 71.1 Å². The van der Waals surface area contributed by atoms with Gasteiger partial charge in [0, 0.05) is 6.61 Å². The lowest BCUT2D eigenvalue weighted by Gasteiger charge is -2.54. The maximum absolute atomic E-state index is 6.61. The van der Waals surface area contributed by atoms with Crippen molar-refractivity contribution in [2.45, 2.75) is 83.0 Å². The van der Waals surface area contributed by atoms with Crippen molar-refractivity contribution in [2.75, 3.05) is 6.61 Å². The zero-order chi connectivity index (χ0) is 12.4. The number of ether oxygens (including phenoxy) is 2. The fraction of sp³-hybridized carbons (Fsp3) is 1.00.